The highest BCUT2D eigenvalue weighted by Gasteiger charge is 2.17. The van der Waals surface area contributed by atoms with Crippen LogP contribution < -0.4 is 18.9 Å². The van der Waals surface area contributed by atoms with E-state index >= 15 is 0 Å². The number of hydrogen-bond donors (Lipinski definition) is 0. The van der Waals surface area contributed by atoms with Gasteiger partial charge < -0.3 is 23.7 Å². The van der Waals surface area contributed by atoms with Crippen molar-refractivity contribution < 1.29 is 38.1 Å². The molecule has 0 fully saturated rings. The molecule has 0 saturated heterocycles. The second-order valence-corrected chi connectivity index (χ2v) is 9.90. The molecule has 8 heteroatoms. The molecule has 0 bridgehead atoms. The van der Waals surface area contributed by atoms with E-state index in [1.165, 1.54) is 56.6 Å². The summed E-state index contributed by atoms with van der Waals surface area (Å²) in [4.78, 5) is 36.5. The first kappa shape index (κ1) is 32.9. The van der Waals surface area contributed by atoms with E-state index in [9.17, 15) is 14.4 Å². The van der Waals surface area contributed by atoms with Crippen molar-refractivity contribution >= 4 is 17.9 Å². The molecule has 3 aromatic carbocycles. The number of hydrogen-bond acceptors (Lipinski definition) is 8. The summed E-state index contributed by atoms with van der Waals surface area (Å²) < 4.78 is 27.0. The number of unbranched alkanes of at least 4 members (excludes halogenated alkanes) is 5. The van der Waals surface area contributed by atoms with Crippen molar-refractivity contribution in [2.24, 2.45) is 0 Å². The molecule has 228 valence electrons. The minimum Gasteiger partial charge on any atom is -0.494 e. The average molecular weight is 589 g/mol. The van der Waals surface area contributed by atoms with Crippen LogP contribution in [0.25, 0.3) is 0 Å². The van der Waals surface area contributed by atoms with Crippen LogP contribution in [-0.4, -0.2) is 38.2 Å². The van der Waals surface area contributed by atoms with Gasteiger partial charge in [-0.3, -0.25) is 0 Å². The van der Waals surface area contributed by atoms with Gasteiger partial charge in [-0.05, 0) is 85.8 Å². The predicted molar refractivity (Wildman–Crippen MR) is 164 cm³/mol. The van der Waals surface area contributed by atoms with Gasteiger partial charge in [-0.1, -0.05) is 51.3 Å². The van der Waals surface area contributed by atoms with E-state index in [4.69, 9.17) is 23.7 Å². The van der Waals surface area contributed by atoms with E-state index in [-0.39, 0.29) is 17.1 Å². The average Bonchev–Trinajstić information content (AvgIpc) is 3.03. The Kier molecular flexibility index (Phi) is 13.8. The van der Waals surface area contributed by atoms with Gasteiger partial charge in [-0.15, -0.1) is 0 Å². The van der Waals surface area contributed by atoms with Crippen LogP contribution in [0.2, 0.25) is 0 Å². The Morgan fingerprint density at radius 3 is 2.05 bits per heavy atom. The molecule has 0 N–H and O–H groups in total. The summed E-state index contributed by atoms with van der Waals surface area (Å²) >= 11 is 0. The third-order valence-corrected chi connectivity index (χ3v) is 6.61. The third kappa shape index (κ3) is 11.3. The number of aryl methyl sites for hydroxylation is 1. The zero-order chi connectivity index (χ0) is 30.9. The van der Waals surface area contributed by atoms with E-state index in [1.807, 2.05) is 12.1 Å². The van der Waals surface area contributed by atoms with Crippen LogP contribution in [0.15, 0.2) is 79.4 Å². The Bertz CT molecular complexity index is 1330. The van der Waals surface area contributed by atoms with E-state index in [0.717, 1.165) is 18.9 Å². The molecule has 0 unspecified atom stereocenters. The fourth-order valence-corrected chi connectivity index (χ4v) is 4.17. The first-order chi connectivity index (χ1) is 20.9. The molecule has 0 spiro atoms. The number of rotatable bonds is 18. The lowest BCUT2D eigenvalue weighted by Gasteiger charge is -2.12. The number of methoxy groups -OCH3 is 1. The standard InChI is InChI=1S/C35H40O8/c1-4-6-7-8-9-12-26-13-18-30(19-14-26)42-35(38)28-17-22-31(32(25-28)39-3)43-34(37)27-15-20-29(21-16-27)40-23-10-11-24-41-33(36)5-2/h5,13-22,25H,2,4,6-12,23-24H2,1,3H3. The fraction of sp³-hybridized carbons (Fsp3) is 0.343. The molecule has 0 aromatic heterocycles. The molecule has 8 nitrogen and oxygen atoms in total. The lowest BCUT2D eigenvalue weighted by Crippen LogP contribution is -2.11. The van der Waals surface area contributed by atoms with E-state index in [2.05, 4.69) is 13.5 Å². The van der Waals surface area contributed by atoms with Gasteiger partial charge in [0.15, 0.2) is 11.5 Å². The van der Waals surface area contributed by atoms with Crippen molar-refractivity contribution in [1.29, 1.82) is 0 Å². The number of carbonyl (C=O) groups is 3. The third-order valence-electron chi connectivity index (χ3n) is 6.61. The summed E-state index contributed by atoms with van der Waals surface area (Å²) in [5.41, 5.74) is 1.79. The SMILES string of the molecule is C=CC(=O)OCCCCOc1ccc(C(=O)Oc2ccc(C(=O)Oc3ccc(CCCCCCC)cc3)cc2OC)cc1. The van der Waals surface area contributed by atoms with Crippen LogP contribution in [0.4, 0.5) is 0 Å². The Morgan fingerprint density at radius 1 is 0.698 bits per heavy atom. The molecule has 0 heterocycles. The van der Waals surface area contributed by atoms with Gasteiger partial charge >= 0.3 is 17.9 Å². The highest BCUT2D eigenvalue weighted by atomic mass is 16.6. The Morgan fingerprint density at radius 2 is 1.35 bits per heavy atom. The van der Waals surface area contributed by atoms with Crippen molar-refractivity contribution in [3.05, 3.63) is 96.1 Å². The van der Waals surface area contributed by atoms with Gasteiger partial charge in [0.05, 0.1) is 31.5 Å². The Hall–Kier alpha value is -4.59. The van der Waals surface area contributed by atoms with Crippen LogP contribution in [0.5, 0.6) is 23.0 Å². The molecule has 3 aromatic rings. The minimum absolute atomic E-state index is 0.171. The first-order valence-electron chi connectivity index (χ1n) is 14.7. The van der Waals surface area contributed by atoms with Crippen molar-refractivity contribution in [2.45, 2.75) is 58.3 Å². The highest BCUT2D eigenvalue weighted by Crippen LogP contribution is 2.30. The summed E-state index contributed by atoms with van der Waals surface area (Å²) in [7, 11) is 1.43. The van der Waals surface area contributed by atoms with E-state index in [0.29, 0.717) is 43.1 Å². The summed E-state index contributed by atoms with van der Waals surface area (Å²) in [5, 5.41) is 0. The molecule has 0 saturated carbocycles. The Labute approximate surface area is 253 Å². The van der Waals surface area contributed by atoms with E-state index in [1.54, 1.807) is 36.4 Å². The highest BCUT2D eigenvalue weighted by molar-refractivity contribution is 5.93. The summed E-state index contributed by atoms with van der Waals surface area (Å²) in [6.07, 6.45) is 9.62. The zero-order valence-corrected chi connectivity index (χ0v) is 25.0. The maximum atomic E-state index is 12.8. The number of carbonyl (C=O) groups excluding carboxylic acids is 3. The molecule has 0 aliphatic carbocycles. The molecule has 43 heavy (non-hydrogen) atoms. The first-order valence-corrected chi connectivity index (χ1v) is 14.7. The van der Waals surface area contributed by atoms with Gasteiger partial charge in [0.1, 0.15) is 11.5 Å². The molecular weight excluding hydrogens is 548 g/mol. The lowest BCUT2D eigenvalue weighted by molar-refractivity contribution is -0.137. The molecule has 0 aliphatic rings. The molecule has 0 radical (unpaired) electrons. The maximum absolute atomic E-state index is 12.8. The van der Waals surface area contributed by atoms with Gasteiger partial charge in [0.25, 0.3) is 0 Å². The summed E-state index contributed by atoms with van der Waals surface area (Å²) in [6, 6.07) is 18.6. The predicted octanol–water partition coefficient (Wildman–Crippen LogP) is 7.53. The van der Waals surface area contributed by atoms with Crippen molar-refractivity contribution in [3.8, 4) is 23.0 Å². The Balaban J connectivity index is 1.49. The second kappa shape index (κ2) is 18.1. The minimum atomic E-state index is -0.588. The van der Waals surface area contributed by atoms with Crippen LogP contribution in [0.1, 0.15) is 78.1 Å². The van der Waals surface area contributed by atoms with Crippen molar-refractivity contribution in [2.75, 3.05) is 20.3 Å². The van der Waals surface area contributed by atoms with Gasteiger partial charge in [-0.2, -0.15) is 0 Å². The van der Waals surface area contributed by atoms with Crippen molar-refractivity contribution in [1.82, 2.24) is 0 Å². The van der Waals surface area contributed by atoms with Crippen LogP contribution in [0.3, 0.4) is 0 Å². The zero-order valence-electron chi connectivity index (χ0n) is 25.0. The molecule has 0 aliphatic heterocycles. The lowest BCUT2D eigenvalue weighted by atomic mass is 10.1. The maximum Gasteiger partial charge on any atom is 0.343 e. The smallest absolute Gasteiger partial charge is 0.343 e. The molecule has 3 rings (SSSR count). The van der Waals surface area contributed by atoms with Crippen molar-refractivity contribution in [3.63, 3.8) is 0 Å². The second-order valence-electron chi connectivity index (χ2n) is 9.90. The molecule has 0 atom stereocenters. The number of ether oxygens (including phenoxy) is 5. The largest absolute Gasteiger partial charge is 0.494 e. The quantitative estimate of drug-likeness (QED) is 0.0651. The molecule has 0 amide bonds. The normalized spacial score (nSPS) is 10.5. The number of esters is 3. The van der Waals surface area contributed by atoms with Gasteiger partial charge in [0, 0.05) is 6.08 Å². The summed E-state index contributed by atoms with van der Waals surface area (Å²) in [6.45, 7) is 6.29. The topological polar surface area (TPSA) is 97.4 Å². The summed E-state index contributed by atoms with van der Waals surface area (Å²) in [5.74, 6) is -0.136. The fourth-order valence-electron chi connectivity index (χ4n) is 4.17. The van der Waals surface area contributed by atoms with Crippen LogP contribution >= 0.6 is 0 Å². The van der Waals surface area contributed by atoms with Gasteiger partial charge in [0.2, 0.25) is 0 Å². The van der Waals surface area contributed by atoms with Crippen LogP contribution in [-0.2, 0) is 16.0 Å². The van der Waals surface area contributed by atoms with Gasteiger partial charge in [-0.25, -0.2) is 14.4 Å². The number of benzene rings is 3. The van der Waals surface area contributed by atoms with E-state index < -0.39 is 17.9 Å². The monoisotopic (exact) mass is 588 g/mol. The molecular formula is C35H40O8. The van der Waals surface area contributed by atoms with Crippen LogP contribution in [0, 0.1) is 0 Å².